The van der Waals surface area contributed by atoms with E-state index in [1.807, 2.05) is 6.92 Å². The van der Waals surface area contributed by atoms with Crippen molar-refractivity contribution >= 4 is 17.0 Å². The van der Waals surface area contributed by atoms with E-state index in [4.69, 9.17) is 9.47 Å². The maximum atomic E-state index is 5.55. The SMILES string of the molecule is Br.CC=C(C)COC1CCCCO1. The molecule has 1 unspecified atom stereocenters. The van der Waals surface area contributed by atoms with Crippen LogP contribution in [0.15, 0.2) is 11.6 Å². The molecule has 3 heteroatoms. The zero-order valence-corrected chi connectivity index (χ0v) is 10.1. The van der Waals surface area contributed by atoms with E-state index in [-0.39, 0.29) is 23.3 Å². The molecule has 0 aromatic rings. The highest BCUT2D eigenvalue weighted by molar-refractivity contribution is 8.93. The molecule has 0 bridgehead atoms. The van der Waals surface area contributed by atoms with E-state index in [9.17, 15) is 0 Å². The van der Waals surface area contributed by atoms with Gasteiger partial charge in [0.2, 0.25) is 0 Å². The molecule has 0 aromatic carbocycles. The number of hydrogen-bond donors (Lipinski definition) is 0. The summed E-state index contributed by atoms with van der Waals surface area (Å²) in [5.74, 6) is 0. The number of rotatable bonds is 3. The Morgan fingerprint density at radius 2 is 2.31 bits per heavy atom. The minimum atomic E-state index is 0. The molecule has 0 saturated carbocycles. The zero-order valence-electron chi connectivity index (χ0n) is 8.41. The minimum Gasteiger partial charge on any atom is -0.353 e. The molecule has 1 aliphatic heterocycles. The lowest BCUT2D eigenvalue weighted by Crippen LogP contribution is -2.22. The standard InChI is InChI=1S/C10H18O2.BrH/c1-3-9(2)8-12-10-6-4-5-7-11-10;/h3,10H,4-8H2,1-2H3;1H. The highest BCUT2D eigenvalue weighted by Gasteiger charge is 2.13. The summed E-state index contributed by atoms with van der Waals surface area (Å²) in [5, 5.41) is 0. The molecule has 1 saturated heterocycles. The molecule has 1 aliphatic rings. The normalized spacial score (nSPS) is 23.8. The summed E-state index contributed by atoms with van der Waals surface area (Å²) in [6, 6.07) is 0. The Bertz CT molecular complexity index is 151. The van der Waals surface area contributed by atoms with Crippen molar-refractivity contribution in [2.75, 3.05) is 13.2 Å². The first-order valence-electron chi connectivity index (χ1n) is 4.68. The molecule has 0 N–H and O–H groups in total. The average molecular weight is 251 g/mol. The van der Waals surface area contributed by atoms with Gasteiger partial charge in [-0.15, -0.1) is 17.0 Å². The molecule has 0 aliphatic carbocycles. The van der Waals surface area contributed by atoms with E-state index >= 15 is 0 Å². The predicted octanol–water partition coefficient (Wildman–Crippen LogP) is 3.07. The van der Waals surface area contributed by atoms with Gasteiger partial charge >= 0.3 is 0 Å². The zero-order chi connectivity index (χ0) is 8.81. The lowest BCUT2D eigenvalue weighted by Gasteiger charge is -2.22. The van der Waals surface area contributed by atoms with Crippen LogP contribution in [0.4, 0.5) is 0 Å². The number of hydrogen-bond acceptors (Lipinski definition) is 2. The summed E-state index contributed by atoms with van der Waals surface area (Å²) in [4.78, 5) is 0. The third-order valence-electron chi connectivity index (χ3n) is 2.13. The Morgan fingerprint density at radius 3 is 2.85 bits per heavy atom. The van der Waals surface area contributed by atoms with Gasteiger partial charge in [-0.25, -0.2) is 0 Å². The second-order valence-electron chi connectivity index (χ2n) is 3.24. The van der Waals surface area contributed by atoms with Crippen LogP contribution in [0.3, 0.4) is 0 Å². The molecule has 0 spiro atoms. The third kappa shape index (κ3) is 5.45. The Kier molecular flexibility index (Phi) is 7.62. The lowest BCUT2D eigenvalue weighted by atomic mass is 10.2. The average Bonchev–Trinajstić information content (AvgIpc) is 2.16. The Balaban J connectivity index is 0.00000144. The summed E-state index contributed by atoms with van der Waals surface area (Å²) in [7, 11) is 0. The fourth-order valence-corrected chi connectivity index (χ4v) is 1.15. The second-order valence-corrected chi connectivity index (χ2v) is 3.24. The van der Waals surface area contributed by atoms with Crippen molar-refractivity contribution in [3.05, 3.63) is 11.6 Å². The Labute approximate surface area is 91.1 Å². The predicted molar refractivity (Wildman–Crippen MR) is 59.3 cm³/mol. The fourth-order valence-electron chi connectivity index (χ4n) is 1.15. The van der Waals surface area contributed by atoms with Crippen LogP contribution in [0.5, 0.6) is 0 Å². The molecule has 1 fully saturated rings. The molecule has 0 radical (unpaired) electrons. The monoisotopic (exact) mass is 250 g/mol. The van der Waals surface area contributed by atoms with Gasteiger partial charge < -0.3 is 9.47 Å². The molecule has 1 heterocycles. The van der Waals surface area contributed by atoms with Crippen molar-refractivity contribution in [3.63, 3.8) is 0 Å². The van der Waals surface area contributed by atoms with E-state index in [1.165, 1.54) is 18.4 Å². The molecular formula is C10H19BrO2. The molecule has 0 aromatic heterocycles. The number of ether oxygens (including phenoxy) is 2. The molecule has 13 heavy (non-hydrogen) atoms. The largest absolute Gasteiger partial charge is 0.353 e. The number of allylic oxidation sites excluding steroid dienone is 1. The molecule has 1 rings (SSSR count). The maximum absolute atomic E-state index is 5.55. The van der Waals surface area contributed by atoms with Crippen molar-refractivity contribution in [2.45, 2.75) is 39.4 Å². The van der Waals surface area contributed by atoms with E-state index in [2.05, 4.69) is 13.0 Å². The van der Waals surface area contributed by atoms with Crippen LogP contribution in [-0.2, 0) is 9.47 Å². The van der Waals surface area contributed by atoms with Gasteiger partial charge in [0, 0.05) is 6.61 Å². The Morgan fingerprint density at radius 1 is 1.54 bits per heavy atom. The fraction of sp³-hybridized carbons (Fsp3) is 0.800. The van der Waals surface area contributed by atoms with Crippen molar-refractivity contribution in [2.24, 2.45) is 0 Å². The van der Waals surface area contributed by atoms with Gasteiger partial charge in [0.05, 0.1) is 6.61 Å². The summed E-state index contributed by atoms with van der Waals surface area (Å²) >= 11 is 0. The lowest BCUT2D eigenvalue weighted by molar-refractivity contribution is -0.156. The van der Waals surface area contributed by atoms with E-state index in [0.29, 0.717) is 6.61 Å². The smallest absolute Gasteiger partial charge is 0.158 e. The van der Waals surface area contributed by atoms with Crippen LogP contribution in [0.1, 0.15) is 33.1 Å². The summed E-state index contributed by atoms with van der Waals surface area (Å²) < 4.78 is 11.0. The first-order valence-corrected chi connectivity index (χ1v) is 4.68. The van der Waals surface area contributed by atoms with Crippen molar-refractivity contribution in [1.29, 1.82) is 0 Å². The van der Waals surface area contributed by atoms with Crippen LogP contribution in [0.25, 0.3) is 0 Å². The maximum Gasteiger partial charge on any atom is 0.158 e. The van der Waals surface area contributed by atoms with Crippen molar-refractivity contribution < 1.29 is 9.47 Å². The first kappa shape index (κ1) is 13.1. The summed E-state index contributed by atoms with van der Waals surface area (Å²) in [6.45, 7) is 5.67. The molecule has 2 nitrogen and oxygen atoms in total. The van der Waals surface area contributed by atoms with Gasteiger partial charge in [0.25, 0.3) is 0 Å². The van der Waals surface area contributed by atoms with Crippen molar-refractivity contribution in [3.8, 4) is 0 Å². The first-order chi connectivity index (χ1) is 5.83. The van der Waals surface area contributed by atoms with Crippen LogP contribution in [-0.4, -0.2) is 19.5 Å². The highest BCUT2D eigenvalue weighted by Crippen LogP contribution is 2.14. The minimum absolute atomic E-state index is 0. The Hall–Kier alpha value is 0.140. The van der Waals surface area contributed by atoms with Gasteiger partial charge in [-0.3, -0.25) is 0 Å². The van der Waals surface area contributed by atoms with E-state index < -0.39 is 0 Å². The van der Waals surface area contributed by atoms with Crippen LogP contribution in [0.2, 0.25) is 0 Å². The van der Waals surface area contributed by atoms with Crippen molar-refractivity contribution in [1.82, 2.24) is 0 Å². The topological polar surface area (TPSA) is 18.5 Å². The quantitative estimate of drug-likeness (QED) is 0.717. The van der Waals surface area contributed by atoms with Gasteiger partial charge in [-0.1, -0.05) is 11.6 Å². The number of halogens is 1. The van der Waals surface area contributed by atoms with Crippen LogP contribution in [0, 0.1) is 0 Å². The van der Waals surface area contributed by atoms with Gasteiger partial charge in [0.1, 0.15) is 0 Å². The summed E-state index contributed by atoms with van der Waals surface area (Å²) in [6.07, 6.45) is 5.59. The summed E-state index contributed by atoms with van der Waals surface area (Å²) in [5.41, 5.74) is 1.27. The molecular weight excluding hydrogens is 232 g/mol. The van der Waals surface area contributed by atoms with Gasteiger partial charge in [-0.05, 0) is 33.1 Å². The highest BCUT2D eigenvalue weighted by atomic mass is 79.9. The third-order valence-corrected chi connectivity index (χ3v) is 2.13. The van der Waals surface area contributed by atoms with Gasteiger partial charge in [0.15, 0.2) is 6.29 Å². The van der Waals surface area contributed by atoms with Crippen LogP contribution >= 0.6 is 17.0 Å². The van der Waals surface area contributed by atoms with Crippen LogP contribution < -0.4 is 0 Å². The molecule has 1 atom stereocenters. The van der Waals surface area contributed by atoms with Gasteiger partial charge in [-0.2, -0.15) is 0 Å². The molecule has 78 valence electrons. The molecule has 0 amide bonds. The van der Waals surface area contributed by atoms with E-state index in [1.54, 1.807) is 0 Å². The second kappa shape index (κ2) is 7.54. The van der Waals surface area contributed by atoms with E-state index in [0.717, 1.165) is 13.0 Å².